The van der Waals surface area contributed by atoms with Gasteiger partial charge in [0.2, 0.25) is 5.91 Å². The summed E-state index contributed by atoms with van der Waals surface area (Å²) in [4.78, 5) is 12.3. The minimum Gasteiger partial charge on any atom is -0.310 e. The van der Waals surface area contributed by atoms with Gasteiger partial charge in [0.1, 0.15) is 5.82 Å². The number of nitrogens with zero attached hydrogens (tertiary/aromatic N) is 2. The molecule has 0 spiro atoms. The van der Waals surface area contributed by atoms with E-state index in [1.54, 1.807) is 11.8 Å². The summed E-state index contributed by atoms with van der Waals surface area (Å²) in [7, 11) is 0. The van der Waals surface area contributed by atoms with Crippen molar-refractivity contribution in [3.63, 3.8) is 0 Å². The number of carbonyl (C=O) groups excluding carboxylic acids is 1. The third kappa shape index (κ3) is 3.19. The first-order chi connectivity index (χ1) is 12.5. The zero-order valence-corrected chi connectivity index (χ0v) is 16.9. The summed E-state index contributed by atoms with van der Waals surface area (Å²) in [5, 5.41) is 7.87. The number of benzene rings is 2. The van der Waals surface area contributed by atoms with E-state index in [4.69, 9.17) is 5.10 Å². The number of aromatic nitrogens is 2. The van der Waals surface area contributed by atoms with Crippen molar-refractivity contribution in [1.29, 1.82) is 0 Å². The zero-order chi connectivity index (χ0) is 18.3. The number of fused-ring (bicyclic) bond motifs is 1. The summed E-state index contributed by atoms with van der Waals surface area (Å²) >= 11 is 5.13. The molecule has 4 nitrogen and oxygen atoms in total. The van der Waals surface area contributed by atoms with Crippen molar-refractivity contribution in [2.75, 3.05) is 11.1 Å². The van der Waals surface area contributed by atoms with E-state index in [1.807, 2.05) is 35.9 Å². The van der Waals surface area contributed by atoms with Crippen LogP contribution in [-0.4, -0.2) is 21.4 Å². The van der Waals surface area contributed by atoms with E-state index in [2.05, 4.69) is 52.4 Å². The monoisotopic (exact) mass is 427 g/mol. The maximum atomic E-state index is 12.3. The van der Waals surface area contributed by atoms with Gasteiger partial charge in [-0.2, -0.15) is 5.10 Å². The van der Waals surface area contributed by atoms with Crippen LogP contribution in [0.2, 0.25) is 0 Å². The van der Waals surface area contributed by atoms with Crippen molar-refractivity contribution in [2.45, 2.75) is 19.1 Å². The van der Waals surface area contributed by atoms with Crippen LogP contribution < -0.4 is 5.32 Å². The lowest BCUT2D eigenvalue weighted by molar-refractivity contribution is -0.113. The average molecular weight is 428 g/mol. The number of rotatable bonds is 2. The second-order valence-electron chi connectivity index (χ2n) is 6.39. The van der Waals surface area contributed by atoms with Gasteiger partial charge < -0.3 is 5.32 Å². The SMILES string of the molecule is Cc1ccc(-n2nc(C)c3c2NC(=O)CS[C@H]3c2ccc(Br)cc2)cc1. The smallest absolute Gasteiger partial charge is 0.235 e. The standard InChI is InChI=1S/C20H18BrN3OS/c1-12-3-9-16(10-4-12)24-20-18(13(2)23-24)19(26-11-17(25)22-20)14-5-7-15(21)8-6-14/h3-10,19H,11H2,1-2H3,(H,22,25)/t19-/m0/s1. The van der Waals surface area contributed by atoms with Crippen LogP contribution in [0.25, 0.3) is 5.69 Å². The molecule has 1 aliphatic rings. The number of halogens is 1. The van der Waals surface area contributed by atoms with E-state index in [0.29, 0.717) is 5.75 Å². The molecule has 0 fully saturated rings. The van der Waals surface area contributed by atoms with Crippen LogP contribution in [-0.2, 0) is 4.79 Å². The van der Waals surface area contributed by atoms with Gasteiger partial charge in [0, 0.05) is 10.0 Å². The molecule has 0 bridgehead atoms. The molecular formula is C20H18BrN3OS. The fourth-order valence-electron chi connectivity index (χ4n) is 3.16. The Morgan fingerprint density at radius 1 is 1.12 bits per heavy atom. The van der Waals surface area contributed by atoms with Crippen LogP contribution >= 0.6 is 27.7 Å². The molecule has 1 aromatic heterocycles. The summed E-state index contributed by atoms with van der Waals surface area (Å²) in [6.07, 6.45) is 0. The van der Waals surface area contributed by atoms with Crippen LogP contribution in [0.3, 0.4) is 0 Å². The predicted molar refractivity (Wildman–Crippen MR) is 110 cm³/mol. The summed E-state index contributed by atoms with van der Waals surface area (Å²) in [6.45, 7) is 4.06. The third-order valence-corrected chi connectivity index (χ3v) is 6.26. The Morgan fingerprint density at radius 3 is 2.50 bits per heavy atom. The Labute approximate surface area is 165 Å². The number of carbonyl (C=O) groups is 1. The first kappa shape index (κ1) is 17.4. The molecule has 26 heavy (non-hydrogen) atoms. The molecule has 132 valence electrons. The average Bonchev–Trinajstić information content (AvgIpc) is 2.83. The van der Waals surface area contributed by atoms with E-state index < -0.39 is 0 Å². The lowest BCUT2D eigenvalue weighted by Crippen LogP contribution is -2.15. The summed E-state index contributed by atoms with van der Waals surface area (Å²) < 4.78 is 2.89. The first-order valence-corrected chi connectivity index (χ1v) is 10.2. The lowest BCUT2D eigenvalue weighted by Gasteiger charge is -2.15. The molecule has 2 heterocycles. The minimum atomic E-state index is 0.00382. The van der Waals surface area contributed by atoms with Crippen LogP contribution in [0.4, 0.5) is 5.82 Å². The normalized spacial score (nSPS) is 16.7. The van der Waals surface area contributed by atoms with Gasteiger partial charge in [0.25, 0.3) is 0 Å². The molecule has 0 aliphatic carbocycles. The molecule has 6 heteroatoms. The lowest BCUT2D eigenvalue weighted by atomic mass is 10.0. The molecule has 0 unspecified atom stereocenters. The van der Waals surface area contributed by atoms with Gasteiger partial charge in [-0.3, -0.25) is 4.79 Å². The molecule has 3 aromatic rings. The highest BCUT2D eigenvalue weighted by molar-refractivity contribution is 9.10. The topological polar surface area (TPSA) is 46.9 Å². The van der Waals surface area contributed by atoms with Gasteiger partial charge >= 0.3 is 0 Å². The fourth-order valence-corrected chi connectivity index (χ4v) is 4.61. The highest BCUT2D eigenvalue weighted by atomic mass is 79.9. The summed E-state index contributed by atoms with van der Waals surface area (Å²) in [5.41, 5.74) is 5.31. The van der Waals surface area contributed by atoms with Crippen molar-refractivity contribution in [2.24, 2.45) is 0 Å². The molecule has 1 atom stereocenters. The summed E-state index contributed by atoms with van der Waals surface area (Å²) in [6, 6.07) is 16.4. The molecule has 4 rings (SSSR count). The Balaban J connectivity index is 1.87. The van der Waals surface area contributed by atoms with Gasteiger partial charge in [-0.25, -0.2) is 4.68 Å². The van der Waals surface area contributed by atoms with Crippen LogP contribution in [0, 0.1) is 13.8 Å². The molecule has 2 aromatic carbocycles. The molecule has 0 saturated carbocycles. The van der Waals surface area contributed by atoms with Gasteiger partial charge in [-0.05, 0) is 43.7 Å². The van der Waals surface area contributed by atoms with E-state index in [1.165, 1.54) is 11.1 Å². The minimum absolute atomic E-state index is 0.00382. The fraction of sp³-hybridized carbons (Fsp3) is 0.200. The maximum Gasteiger partial charge on any atom is 0.235 e. The van der Waals surface area contributed by atoms with Crippen molar-refractivity contribution < 1.29 is 4.79 Å². The Kier molecular flexibility index (Phi) is 4.63. The predicted octanol–water partition coefficient (Wildman–Crippen LogP) is 5.03. The zero-order valence-electron chi connectivity index (χ0n) is 14.5. The van der Waals surface area contributed by atoms with Crippen molar-refractivity contribution >= 4 is 39.4 Å². The van der Waals surface area contributed by atoms with Crippen molar-refractivity contribution in [1.82, 2.24) is 9.78 Å². The number of thioether (sulfide) groups is 1. The number of nitrogens with one attached hydrogen (secondary N) is 1. The Hall–Kier alpha value is -2.05. The van der Waals surface area contributed by atoms with Crippen LogP contribution in [0.15, 0.2) is 53.0 Å². The molecular weight excluding hydrogens is 410 g/mol. The second-order valence-corrected chi connectivity index (χ2v) is 8.39. The number of hydrogen-bond donors (Lipinski definition) is 1. The van der Waals surface area contributed by atoms with Gasteiger partial charge in [-0.1, -0.05) is 45.8 Å². The van der Waals surface area contributed by atoms with Crippen LogP contribution in [0.5, 0.6) is 0 Å². The van der Waals surface area contributed by atoms with Gasteiger partial charge in [0.05, 0.1) is 22.4 Å². The number of amides is 1. The molecule has 1 aliphatic heterocycles. The highest BCUT2D eigenvalue weighted by Gasteiger charge is 2.30. The Morgan fingerprint density at radius 2 is 1.81 bits per heavy atom. The first-order valence-electron chi connectivity index (χ1n) is 8.36. The number of aryl methyl sites for hydroxylation is 2. The molecule has 0 saturated heterocycles. The maximum absolute atomic E-state index is 12.3. The molecule has 1 amide bonds. The van der Waals surface area contributed by atoms with E-state index in [0.717, 1.165) is 27.2 Å². The molecule has 1 N–H and O–H groups in total. The number of anilines is 1. The van der Waals surface area contributed by atoms with Crippen molar-refractivity contribution in [3.05, 3.63) is 75.4 Å². The van der Waals surface area contributed by atoms with E-state index in [-0.39, 0.29) is 11.2 Å². The quantitative estimate of drug-likeness (QED) is 0.623. The number of hydrogen-bond acceptors (Lipinski definition) is 3. The van der Waals surface area contributed by atoms with E-state index >= 15 is 0 Å². The highest BCUT2D eigenvalue weighted by Crippen LogP contribution is 2.43. The Bertz CT molecular complexity index is 964. The second kappa shape index (κ2) is 6.93. The van der Waals surface area contributed by atoms with E-state index in [9.17, 15) is 4.79 Å². The molecule has 0 radical (unpaired) electrons. The van der Waals surface area contributed by atoms with Gasteiger partial charge in [-0.15, -0.1) is 11.8 Å². The largest absolute Gasteiger partial charge is 0.310 e. The van der Waals surface area contributed by atoms with Crippen LogP contribution in [0.1, 0.15) is 27.6 Å². The van der Waals surface area contributed by atoms with Crippen molar-refractivity contribution in [3.8, 4) is 5.69 Å². The van der Waals surface area contributed by atoms with Gasteiger partial charge in [0.15, 0.2) is 0 Å². The third-order valence-electron chi connectivity index (χ3n) is 4.46. The summed E-state index contributed by atoms with van der Waals surface area (Å²) in [5.74, 6) is 1.20.